The first kappa shape index (κ1) is 14.5. The Kier molecular flexibility index (Phi) is 5.12. The number of nitrogens with zero attached hydrogens (tertiary/aromatic N) is 1. The van der Waals surface area contributed by atoms with Crippen molar-refractivity contribution < 1.29 is 4.79 Å². The molecule has 0 spiro atoms. The number of amides is 1. The van der Waals surface area contributed by atoms with Crippen LogP contribution in [-0.4, -0.2) is 17.4 Å². The summed E-state index contributed by atoms with van der Waals surface area (Å²) in [4.78, 5) is 17.3. The molecule has 0 aliphatic heterocycles. The largest absolute Gasteiger partial charge is 0.380 e. The number of hydrogen-bond acceptors (Lipinski definition) is 4. The molecule has 0 saturated carbocycles. The Hall–Kier alpha value is -1.88. The zero-order chi connectivity index (χ0) is 14.4. The lowest BCUT2D eigenvalue weighted by Gasteiger charge is -2.07. The molecule has 2 rings (SSSR count). The molecule has 0 radical (unpaired) electrons. The third-order valence-corrected chi connectivity index (χ3v) is 3.71. The van der Waals surface area contributed by atoms with E-state index in [9.17, 15) is 4.79 Å². The number of carbonyl (C=O) groups is 1. The van der Waals surface area contributed by atoms with Crippen molar-refractivity contribution in [3.8, 4) is 0 Å². The highest BCUT2D eigenvalue weighted by atomic mass is 32.1. The van der Waals surface area contributed by atoms with Crippen molar-refractivity contribution in [1.82, 2.24) is 10.3 Å². The molecule has 0 bridgehead atoms. The number of nitrogens with one attached hydrogen (secondary N) is 2. The molecule has 0 saturated heterocycles. The van der Waals surface area contributed by atoms with Gasteiger partial charge in [0, 0.05) is 28.9 Å². The zero-order valence-corrected chi connectivity index (χ0v) is 12.6. The van der Waals surface area contributed by atoms with Gasteiger partial charge in [0.1, 0.15) is 0 Å². The Morgan fingerprint density at radius 1 is 1.40 bits per heavy atom. The number of aromatic nitrogens is 1. The second-order valence-corrected chi connectivity index (χ2v) is 5.86. The lowest BCUT2D eigenvalue weighted by atomic mass is 10.2. The molecule has 2 aromatic rings. The first-order valence-electron chi connectivity index (χ1n) is 6.72. The second-order valence-electron chi connectivity index (χ2n) is 4.54. The van der Waals surface area contributed by atoms with Gasteiger partial charge < -0.3 is 10.6 Å². The molecule has 0 aliphatic carbocycles. The van der Waals surface area contributed by atoms with Crippen LogP contribution in [0.5, 0.6) is 0 Å². The van der Waals surface area contributed by atoms with Crippen LogP contribution < -0.4 is 10.6 Å². The maximum Gasteiger partial charge on any atom is 0.251 e. The minimum Gasteiger partial charge on any atom is -0.380 e. The van der Waals surface area contributed by atoms with Crippen LogP contribution >= 0.6 is 11.3 Å². The van der Waals surface area contributed by atoms with Crippen molar-refractivity contribution in [2.75, 3.05) is 11.9 Å². The molecule has 0 atom stereocenters. The second kappa shape index (κ2) is 7.05. The number of carbonyl (C=O) groups excluding carboxylic acids is 1. The van der Waals surface area contributed by atoms with E-state index in [1.165, 1.54) is 4.88 Å². The first-order chi connectivity index (χ1) is 9.69. The van der Waals surface area contributed by atoms with E-state index in [1.54, 1.807) is 11.3 Å². The van der Waals surface area contributed by atoms with Gasteiger partial charge in [-0.05, 0) is 31.5 Å². The summed E-state index contributed by atoms with van der Waals surface area (Å²) in [6, 6.07) is 7.55. The van der Waals surface area contributed by atoms with Gasteiger partial charge in [0.05, 0.1) is 11.6 Å². The van der Waals surface area contributed by atoms with Gasteiger partial charge in [-0.2, -0.15) is 0 Å². The molecule has 1 heterocycles. The Balaban J connectivity index is 1.97. The Morgan fingerprint density at radius 2 is 2.25 bits per heavy atom. The van der Waals surface area contributed by atoms with E-state index in [-0.39, 0.29) is 5.91 Å². The molecule has 1 aromatic heterocycles. The van der Waals surface area contributed by atoms with Gasteiger partial charge in [-0.3, -0.25) is 4.79 Å². The molecule has 5 heteroatoms. The van der Waals surface area contributed by atoms with E-state index < -0.39 is 0 Å². The molecule has 4 nitrogen and oxygen atoms in total. The predicted molar refractivity (Wildman–Crippen MR) is 83.2 cm³/mol. The van der Waals surface area contributed by atoms with Gasteiger partial charge >= 0.3 is 0 Å². The highest BCUT2D eigenvalue weighted by Crippen LogP contribution is 2.15. The smallest absolute Gasteiger partial charge is 0.251 e. The molecule has 1 aromatic carbocycles. The minimum atomic E-state index is -0.0239. The normalized spacial score (nSPS) is 10.3. The summed E-state index contributed by atoms with van der Waals surface area (Å²) in [7, 11) is 0. The maximum absolute atomic E-state index is 11.9. The van der Waals surface area contributed by atoms with Crippen molar-refractivity contribution in [3.63, 3.8) is 0 Å². The van der Waals surface area contributed by atoms with Crippen LogP contribution in [0.15, 0.2) is 30.5 Å². The van der Waals surface area contributed by atoms with E-state index in [2.05, 4.69) is 15.6 Å². The van der Waals surface area contributed by atoms with Crippen molar-refractivity contribution in [2.24, 2.45) is 0 Å². The molecule has 0 aliphatic rings. The SMILES string of the molecule is CCCNC(=O)c1cccc(NCc2cnc(C)s2)c1. The average molecular weight is 289 g/mol. The van der Waals surface area contributed by atoms with Crippen LogP contribution in [0.2, 0.25) is 0 Å². The van der Waals surface area contributed by atoms with Gasteiger partial charge in [-0.25, -0.2) is 4.98 Å². The highest BCUT2D eigenvalue weighted by Gasteiger charge is 2.05. The van der Waals surface area contributed by atoms with E-state index in [1.807, 2.05) is 44.3 Å². The standard InChI is InChI=1S/C15H19N3OS/c1-3-7-16-15(19)12-5-4-6-13(8-12)18-10-14-9-17-11(2)20-14/h4-6,8-9,18H,3,7,10H2,1-2H3,(H,16,19). The first-order valence-corrected chi connectivity index (χ1v) is 7.54. The van der Waals surface area contributed by atoms with E-state index in [0.29, 0.717) is 12.1 Å². The van der Waals surface area contributed by atoms with Crippen LogP contribution in [0.1, 0.15) is 33.6 Å². The summed E-state index contributed by atoms with van der Waals surface area (Å²) >= 11 is 1.68. The Labute approximate surface area is 123 Å². The highest BCUT2D eigenvalue weighted by molar-refractivity contribution is 7.11. The fourth-order valence-electron chi connectivity index (χ4n) is 1.79. The van der Waals surface area contributed by atoms with E-state index in [0.717, 1.165) is 23.7 Å². The summed E-state index contributed by atoms with van der Waals surface area (Å²) in [5.41, 5.74) is 1.63. The van der Waals surface area contributed by atoms with Crippen molar-refractivity contribution in [2.45, 2.75) is 26.8 Å². The molecule has 106 valence electrons. The third kappa shape index (κ3) is 4.06. The van der Waals surface area contributed by atoms with E-state index >= 15 is 0 Å². The number of benzene rings is 1. The molecule has 0 fully saturated rings. The number of rotatable bonds is 6. The monoisotopic (exact) mass is 289 g/mol. The fraction of sp³-hybridized carbons (Fsp3) is 0.333. The molecule has 0 unspecified atom stereocenters. The van der Waals surface area contributed by atoms with Crippen molar-refractivity contribution in [1.29, 1.82) is 0 Å². The van der Waals surface area contributed by atoms with Crippen LogP contribution in [0.4, 0.5) is 5.69 Å². The molecular weight excluding hydrogens is 270 g/mol. The van der Waals surface area contributed by atoms with Gasteiger partial charge in [0.15, 0.2) is 0 Å². The third-order valence-electron chi connectivity index (χ3n) is 2.80. The van der Waals surface area contributed by atoms with Gasteiger partial charge in [0.25, 0.3) is 5.91 Å². The molecule has 1 amide bonds. The molecule has 2 N–H and O–H groups in total. The van der Waals surface area contributed by atoms with Crippen LogP contribution in [0, 0.1) is 6.92 Å². The quantitative estimate of drug-likeness (QED) is 0.858. The zero-order valence-electron chi connectivity index (χ0n) is 11.8. The summed E-state index contributed by atoms with van der Waals surface area (Å²) in [5, 5.41) is 7.26. The number of hydrogen-bond donors (Lipinski definition) is 2. The van der Waals surface area contributed by atoms with Gasteiger partial charge in [-0.15, -0.1) is 11.3 Å². The fourth-order valence-corrected chi connectivity index (χ4v) is 2.52. The molecule has 20 heavy (non-hydrogen) atoms. The lowest BCUT2D eigenvalue weighted by Crippen LogP contribution is -2.23. The van der Waals surface area contributed by atoms with Crippen molar-refractivity contribution in [3.05, 3.63) is 45.9 Å². The number of anilines is 1. The van der Waals surface area contributed by atoms with Gasteiger partial charge in [0.2, 0.25) is 0 Å². The number of thiazole rings is 1. The van der Waals surface area contributed by atoms with E-state index in [4.69, 9.17) is 0 Å². The van der Waals surface area contributed by atoms with Crippen molar-refractivity contribution >= 4 is 22.9 Å². The minimum absolute atomic E-state index is 0.0239. The van der Waals surface area contributed by atoms with Crippen LogP contribution in [-0.2, 0) is 6.54 Å². The maximum atomic E-state index is 11.9. The Morgan fingerprint density at radius 3 is 2.95 bits per heavy atom. The van der Waals surface area contributed by atoms with Crippen LogP contribution in [0.25, 0.3) is 0 Å². The Bertz CT molecular complexity index is 580. The van der Waals surface area contributed by atoms with Crippen LogP contribution in [0.3, 0.4) is 0 Å². The average Bonchev–Trinajstić information content (AvgIpc) is 2.88. The molecular formula is C15H19N3OS. The summed E-state index contributed by atoms with van der Waals surface area (Å²) in [6.45, 7) is 5.46. The number of aryl methyl sites for hydroxylation is 1. The summed E-state index contributed by atoms with van der Waals surface area (Å²) in [5.74, 6) is -0.0239. The summed E-state index contributed by atoms with van der Waals surface area (Å²) < 4.78 is 0. The topological polar surface area (TPSA) is 54.0 Å². The lowest BCUT2D eigenvalue weighted by molar-refractivity contribution is 0.0953. The van der Waals surface area contributed by atoms with Gasteiger partial charge in [-0.1, -0.05) is 13.0 Å². The predicted octanol–water partition coefficient (Wildman–Crippen LogP) is 3.20. The summed E-state index contributed by atoms with van der Waals surface area (Å²) in [6.07, 6.45) is 2.82.